The van der Waals surface area contributed by atoms with Gasteiger partial charge in [-0.25, -0.2) is 0 Å². The SMILES string of the molecule is COCCn1c(CCl)nnc1C1CCC(C(C)(C)C)CC1. The van der Waals surface area contributed by atoms with E-state index in [4.69, 9.17) is 16.3 Å². The lowest BCUT2D eigenvalue weighted by atomic mass is 9.69. The third-order valence-corrected chi connectivity index (χ3v) is 5.05. The van der Waals surface area contributed by atoms with Gasteiger partial charge in [-0.15, -0.1) is 21.8 Å². The van der Waals surface area contributed by atoms with Crippen LogP contribution in [0.15, 0.2) is 0 Å². The number of hydrogen-bond donors (Lipinski definition) is 0. The Hall–Kier alpha value is -0.610. The number of ether oxygens (including phenoxy) is 1. The largest absolute Gasteiger partial charge is 0.383 e. The van der Waals surface area contributed by atoms with E-state index in [0.717, 1.165) is 24.1 Å². The molecule has 1 saturated carbocycles. The van der Waals surface area contributed by atoms with Gasteiger partial charge in [0.15, 0.2) is 0 Å². The molecule has 0 amide bonds. The molecule has 5 heteroatoms. The van der Waals surface area contributed by atoms with Gasteiger partial charge in [-0.1, -0.05) is 20.8 Å². The number of alkyl halides is 1. The second-order valence-electron chi connectivity index (χ2n) is 7.17. The molecule has 4 nitrogen and oxygen atoms in total. The van der Waals surface area contributed by atoms with Crippen LogP contribution in [0, 0.1) is 11.3 Å². The van der Waals surface area contributed by atoms with Gasteiger partial charge in [0.05, 0.1) is 12.5 Å². The molecule has 120 valence electrons. The maximum atomic E-state index is 5.98. The van der Waals surface area contributed by atoms with Crippen LogP contribution in [0.1, 0.15) is 64.0 Å². The van der Waals surface area contributed by atoms with Crippen molar-refractivity contribution in [3.8, 4) is 0 Å². The zero-order valence-electron chi connectivity index (χ0n) is 13.7. The molecule has 0 radical (unpaired) electrons. The lowest BCUT2D eigenvalue weighted by Crippen LogP contribution is -2.26. The summed E-state index contributed by atoms with van der Waals surface area (Å²) in [4.78, 5) is 0. The summed E-state index contributed by atoms with van der Waals surface area (Å²) < 4.78 is 7.36. The number of methoxy groups -OCH3 is 1. The summed E-state index contributed by atoms with van der Waals surface area (Å²) in [5.74, 6) is 3.71. The zero-order chi connectivity index (χ0) is 15.5. The molecule has 0 saturated heterocycles. The van der Waals surface area contributed by atoms with Crippen molar-refractivity contribution in [3.05, 3.63) is 11.6 Å². The standard InChI is InChI=1S/C16H28ClN3O/c1-16(2,3)13-7-5-12(6-8-13)15-19-18-14(11-17)20(15)9-10-21-4/h12-13H,5-11H2,1-4H3. The van der Waals surface area contributed by atoms with Crippen LogP contribution in [-0.2, 0) is 17.2 Å². The number of nitrogens with zero attached hydrogens (tertiary/aromatic N) is 3. The van der Waals surface area contributed by atoms with Crippen molar-refractivity contribution in [3.63, 3.8) is 0 Å². The predicted octanol–water partition coefficient (Wildman–Crippen LogP) is 3.98. The van der Waals surface area contributed by atoms with Crippen LogP contribution in [0.4, 0.5) is 0 Å². The summed E-state index contributed by atoms with van der Waals surface area (Å²) in [5, 5.41) is 8.68. The molecule has 2 rings (SSSR count). The van der Waals surface area contributed by atoms with Crippen molar-refractivity contribution in [2.75, 3.05) is 13.7 Å². The van der Waals surface area contributed by atoms with Gasteiger partial charge in [-0.2, -0.15) is 0 Å². The number of hydrogen-bond acceptors (Lipinski definition) is 3. The Morgan fingerprint density at radius 1 is 1.19 bits per heavy atom. The summed E-state index contributed by atoms with van der Waals surface area (Å²) in [7, 11) is 1.72. The summed E-state index contributed by atoms with van der Waals surface area (Å²) in [6.07, 6.45) is 4.97. The molecule has 1 heterocycles. The molecule has 0 aromatic carbocycles. The summed E-state index contributed by atoms with van der Waals surface area (Å²) in [5.41, 5.74) is 0.413. The Labute approximate surface area is 133 Å². The van der Waals surface area contributed by atoms with E-state index in [1.54, 1.807) is 7.11 Å². The van der Waals surface area contributed by atoms with Gasteiger partial charge in [0.25, 0.3) is 0 Å². The molecule has 1 aliphatic rings. The highest BCUT2D eigenvalue weighted by molar-refractivity contribution is 6.16. The minimum atomic E-state index is 0.411. The molecule has 0 atom stereocenters. The van der Waals surface area contributed by atoms with Crippen molar-refractivity contribution in [1.82, 2.24) is 14.8 Å². The molecule has 1 aromatic heterocycles. The monoisotopic (exact) mass is 313 g/mol. The molecule has 1 fully saturated rings. The first-order chi connectivity index (χ1) is 9.97. The summed E-state index contributed by atoms with van der Waals surface area (Å²) >= 11 is 5.98. The third kappa shape index (κ3) is 3.98. The van der Waals surface area contributed by atoms with E-state index in [1.807, 2.05) is 0 Å². The lowest BCUT2D eigenvalue weighted by molar-refractivity contribution is 0.162. The molecule has 0 unspecified atom stereocenters. The van der Waals surface area contributed by atoms with Crippen LogP contribution in [0.5, 0.6) is 0 Å². The minimum Gasteiger partial charge on any atom is -0.383 e. The Morgan fingerprint density at radius 2 is 1.86 bits per heavy atom. The van der Waals surface area contributed by atoms with Crippen molar-refractivity contribution in [2.45, 2.75) is 64.8 Å². The first-order valence-electron chi connectivity index (χ1n) is 7.94. The normalized spacial score (nSPS) is 23.5. The maximum absolute atomic E-state index is 5.98. The van der Waals surface area contributed by atoms with Crippen molar-refractivity contribution in [2.24, 2.45) is 11.3 Å². The van der Waals surface area contributed by atoms with Gasteiger partial charge in [-0.3, -0.25) is 0 Å². The highest BCUT2D eigenvalue weighted by Crippen LogP contribution is 2.42. The van der Waals surface area contributed by atoms with E-state index in [2.05, 4.69) is 35.5 Å². The molecular weight excluding hydrogens is 286 g/mol. The van der Waals surface area contributed by atoms with Gasteiger partial charge in [0, 0.05) is 19.6 Å². The number of aromatic nitrogens is 3. The first-order valence-corrected chi connectivity index (χ1v) is 8.47. The molecule has 0 spiro atoms. The average molecular weight is 314 g/mol. The predicted molar refractivity (Wildman–Crippen MR) is 85.6 cm³/mol. The number of halogens is 1. The van der Waals surface area contributed by atoms with Crippen molar-refractivity contribution in [1.29, 1.82) is 0 Å². The fourth-order valence-electron chi connectivity index (χ4n) is 3.39. The highest BCUT2D eigenvalue weighted by atomic mass is 35.5. The van der Waals surface area contributed by atoms with E-state index < -0.39 is 0 Å². The highest BCUT2D eigenvalue weighted by Gasteiger charge is 2.32. The molecule has 1 aromatic rings. The van der Waals surface area contributed by atoms with Gasteiger partial charge in [0.2, 0.25) is 0 Å². The van der Waals surface area contributed by atoms with Crippen LogP contribution in [0.3, 0.4) is 0 Å². The van der Waals surface area contributed by atoms with Gasteiger partial charge in [-0.05, 0) is 37.0 Å². The van der Waals surface area contributed by atoms with Crippen LogP contribution in [-0.4, -0.2) is 28.5 Å². The Kier molecular flexibility index (Phi) is 5.67. The summed E-state index contributed by atoms with van der Waals surface area (Å²) in [6.45, 7) is 8.52. The lowest BCUT2D eigenvalue weighted by Gasteiger charge is -2.36. The van der Waals surface area contributed by atoms with Crippen LogP contribution in [0.2, 0.25) is 0 Å². The smallest absolute Gasteiger partial charge is 0.148 e. The quantitative estimate of drug-likeness (QED) is 0.772. The van der Waals surface area contributed by atoms with Gasteiger partial charge < -0.3 is 9.30 Å². The van der Waals surface area contributed by atoms with Crippen LogP contribution >= 0.6 is 11.6 Å². The summed E-state index contributed by atoms with van der Waals surface area (Å²) in [6, 6.07) is 0. The minimum absolute atomic E-state index is 0.411. The maximum Gasteiger partial charge on any atom is 0.148 e. The third-order valence-electron chi connectivity index (χ3n) is 4.81. The van der Waals surface area contributed by atoms with Gasteiger partial charge in [0.1, 0.15) is 11.6 Å². The molecule has 0 bridgehead atoms. The molecule has 21 heavy (non-hydrogen) atoms. The average Bonchev–Trinajstić information content (AvgIpc) is 2.87. The van der Waals surface area contributed by atoms with Crippen molar-refractivity contribution < 1.29 is 4.74 Å². The van der Waals surface area contributed by atoms with Gasteiger partial charge >= 0.3 is 0 Å². The van der Waals surface area contributed by atoms with E-state index in [1.165, 1.54) is 25.7 Å². The molecular formula is C16H28ClN3O. The zero-order valence-corrected chi connectivity index (χ0v) is 14.5. The fourth-order valence-corrected chi connectivity index (χ4v) is 3.59. The van der Waals surface area contributed by atoms with E-state index >= 15 is 0 Å². The second-order valence-corrected chi connectivity index (χ2v) is 7.43. The molecule has 1 aliphatic carbocycles. The Balaban J connectivity index is 2.07. The van der Waals surface area contributed by atoms with E-state index in [0.29, 0.717) is 23.8 Å². The van der Waals surface area contributed by atoms with E-state index in [9.17, 15) is 0 Å². The van der Waals surface area contributed by atoms with Crippen LogP contribution < -0.4 is 0 Å². The fraction of sp³-hybridized carbons (Fsp3) is 0.875. The first kappa shape index (κ1) is 16.8. The molecule has 0 aliphatic heterocycles. The van der Waals surface area contributed by atoms with Crippen molar-refractivity contribution >= 4 is 11.6 Å². The second kappa shape index (κ2) is 7.10. The van der Waals surface area contributed by atoms with E-state index in [-0.39, 0.29) is 0 Å². The number of rotatable bonds is 5. The van der Waals surface area contributed by atoms with Crippen LogP contribution in [0.25, 0.3) is 0 Å². The Morgan fingerprint density at radius 3 is 2.38 bits per heavy atom. The molecule has 0 N–H and O–H groups in total. The topological polar surface area (TPSA) is 39.9 Å². The Bertz CT molecular complexity index is 445.